The Morgan fingerprint density at radius 2 is 0.947 bits per heavy atom. The smallest absolute Gasteiger partial charge is 0.268 e. The average molecular weight is 381 g/mol. The monoisotopic (exact) mass is 382 g/mol. The third-order valence-corrected chi connectivity index (χ3v) is 1.81. The predicted octanol–water partition coefficient (Wildman–Crippen LogP) is 6.09. The molecule has 0 aliphatic rings. The summed E-state index contributed by atoms with van der Waals surface area (Å²) in [7, 11) is 0. The van der Waals surface area contributed by atoms with Gasteiger partial charge < -0.3 is 9.84 Å². The first-order chi connectivity index (χ1) is 8.51. The number of unbranched alkanes of at least 4 members (excludes halogenated alkanes) is 3. The number of aliphatic hydroxyl groups is 1. The van der Waals surface area contributed by atoms with Gasteiger partial charge in [0.2, 0.25) is 0 Å². The van der Waals surface area contributed by atoms with Gasteiger partial charge in [-0.2, -0.15) is 0 Å². The second kappa shape index (κ2) is 42.9. The van der Waals surface area contributed by atoms with Gasteiger partial charge in [-0.25, -0.2) is 0 Å². The van der Waals surface area contributed by atoms with Crippen LogP contribution >= 0.6 is 0 Å². The van der Waals surface area contributed by atoms with Crippen molar-refractivity contribution in [1.29, 1.82) is 0 Å². The Kier molecular flexibility index (Phi) is 71.2. The minimum Gasteiger partial charge on any atom is -0.481 e. The molecule has 0 bridgehead atoms. The van der Waals surface area contributed by atoms with Crippen molar-refractivity contribution < 1.29 is 9.84 Å². The summed E-state index contributed by atoms with van der Waals surface area (Å²) < 4.78 is 4.40. The van der Waals surface area contributed by atoms with Gasteiger partial charge in [0.15, 0.2) is 0 Å². The van der Waals surface area contributed by atoms with Gasteiger partial charge in [-0.05, 0) is 13.5 Å². The number of hydrogen-bond donors (Lipinski definition) is 1. The van der Waals surface area contributed by atoms with Gasteiger partial charge in [0.05, 0.1) is 6.61 Å². The first-order valence-corrected chi connectivity index (χ1v) is 7.52. The summed E-state index contributed by atoms with van der Waals surface area (Å²) in [6.45, 7) is 18.4. The van der Waals surface area contributed by atoms with Gasteiger partial charge in [-0.1, -0.05) is 80.1 Å². The maximum absolute atomic E-state index is 8.14. The first kappa shape index (κ1) is 31.5. The Balaban J connectivity index is -0.0000000459. The minimum absolute atomic E-state index is 0. The average Bonchev–Trinajstić information content (AvgIpc) is 2.39. The fourth-order valence-corrected chi connectivity index (χ4v) is 0.167. The molecule has 0 saturated heterocycles. The molecule has 2 nitrogen and oxygen atoms in total. The molecule has 0 amide bonds. The van der Waals surface area contributed by atoms with E-state index < -0.39 is 0 Å². The molecule has 118 valence electrons. The summed E-state index contributed by atoms with van der Waals surface area (Å²) in [5, 5.41) is 8.14. The van der Waals surface area contributed by atoms with Crippen molar-refractivity contribution in [2.75, 3.05) is 6.61 Å². The quantitative estimate of drug-likeness (QED) is 0.461. The third-order valence-electron chi connectivity index (χ3n) is 1.81. The second-order valence-corrected chi connectivity index (χ2v) is 3.83. The van der Waals surface area contributed by atoms with Gasteiger partial charge in [-0.3, -0.25) is 0 Å². The first-order valence-electron chi connectivity index (χ1n) is 7.52. The zero-order valence-corrected chi connectivity index (χ0v) is 17.4. The molecule has 0 rings (SSSR count). The van der Waals surface area contributed by atoms with E-state index in [1.165, 1.54) is 38.5 Å². The fraction of sp³-hybridized carbons (Fsp3) is 0.875. The molecule has 0 fully saturated rings. The predicted molar refractivity (Wildman–Crippen MR) is 90.9 cm³/mol. The van der Waals surface area contributed by atoms with Gasteiger partial charge in [-0.15, -0.1) is 0 Å². The normalized spacial score (nSPS) is 7.11. The molecule has 4 radical (unpaired) electrons. The standard InChI is InChI=1S/C4H8O2.3C4H10.Sn/c1-3-6-4(2)5;3*1-3-4-2;/h5H,2-3H2,1H3;3*3-4H2,1-2H3;. The van der Waals surface area contributed by atoms with E-state index in [2.05, 4.69) is 52.9 Å². The zero-order valence-electron chi connectivity index (χ0n) is 14.5. The van der Waals surface area contributed by atoms with Crippen LogP contribution in [0, 0.1) is 0 Å². The van der Waals surface area contributed by atoms with Gasteiger partial charge >= 0.3 is 0 Å². The van der Waals surface area contributed by atoms with E-state index in [0.29, 0.717) is 6.61 Å². The molecule has 0 aromatic heterocycles. The Labute approximate surface area is 140 Å². The van der Waals surface area contributed by atoms with Crippen LogP contribution in [0.3, 0.4) is 0 Å². The molecule has 0 spiro atoms. The van der Waals surface area contributed by atoms with Crippen LogP contribution in [-0.4, -0.2) is 35.6 Å². The topological polar surface area (TPSA) is 29.5 Å². The van der Waals surface area contributed by atoms with Crippen molar-refractivity contribution in [3.05, 3.63) is 12.5 Å². The van der Waals surface area contributed by atoms with Gasteiger partial charge in [0.25, 0.3) is 5.95 Å². The van der Waals surface area contributed by atoms with Crippen molar-refractivity contribution in [1.82, 2.24) is 0 Å². The molecule has 0 aromatic rings. The van der Waals surface area contributed by atoms with Crippen molar-refractivity contribution >= 4 is 23.9 Å². The molecule has 0 aliphatic heterocycles. The van der Waals surface area contributed by atoms with E-state index in [1.54, 1.807) is 6.92 Å². The molecule has 0 unspecified atom stereocenters. The van der Waals surface area contributed by atoms with Crippen molar-refractivity contribution in [3.8, 4) is 0 Å². The van der Waals surface area contributed by atoms with E-state index in [4.69, 9.17) is 5.11 Å². The van der Waals surface area contributed by atoms with Crippen molar-refractivity contribution in [2.24, 2.45) is 0 Å². The molecule has 3 heteroatoms. The maximum Gasteiger partial charge on any atom is 0.268 e. The zero-order chi connectivity index (χ0) is 15.2. The Morgan fingerprint density at radius 1 is 0.737 bits per heavy atom. The second-order valence-electron chi connectivity index (χ2n) is 3.83. The summed E-state index contributed by atoms with van der Waals surface area (Å²) in [4.78, 5) is 0. The number of hydrogen-bond acceptors (Lipinski definition) is 2. The number of rotatable bonds is 5. The summed E-state index contributed by atoms with van der Waals surface area (Å²) in [5.41, 5.74) is 0. The van der Waals surface area contributed by atoms with E-state index in [-0.39, 0.29) is 29.9 Å². The Hall–Kier alpha value is 0.139. The summed E-state index contributed by atoms with van der Waals surface area (Å²) in [6.07, 6.45) is 7.92. The van der Waals surface area contributed by atoms with Crippen molar-refractivity contribution in [2.45, 2.75) is 87.0 Å². The van der Waals surface area contributed by atoms with Crippen LogP contribution < -0.4 is 0 Å². The van der Waals surface area contributed by atoms with Crippen molar-refractivity contribution in [3.63, 3.8) is 0 Å². The summed E-state index contributed by atoms with van der Waals surface area (Å²) in [5.74, 6) is -0.211. The molecule has 0 atom stereocenters. The van der Waals surface area contributed by atoms with Crippen LogP contribution in [0.4, 0.5) is 0 Å². The maximum atomic E-state index is 8.14. The Bertz CT molecular complexity index is 102. The molecular weight excluding hydrogens is 343 g/mol. The van der Waals surface area contributed by atoms with Crippen LogP contribution in [0.2, 0.25) is 0 Å². The van der Waals surface area contributed by atoms with Crippen LogP contribution in [0.1, 0.15) is 87.0 Å². The fourth-order valence-electron chi connectivity index (χ4n) is 0.167. The summed E-state index contributed by atoms with van der Waals surface area (Å²) in [6, 6.07) is 0. The van der Waals surface area contributed by atoms with Crippen LogP contribution in [0.15, 0.2) is 12.5 Å². The minimum atomic E-state index is -0.211. The van der Waals surface area contributed by atoms with E-state index in [0.717, 1.165) is 0 Å². The molecule has 0 heterocycles. The molecule has 0 aliphatic carbocycles. The molecule has 0 aromatic carbocycles. The Morgan fingerprint density at radius 3 is 0.947 bits per heavy atom. The van der Waals surface area contributed by atoms with Crippen LogP contribution in [0.5, 0.6) is 0 Å². The molecule has 19 heavy (non-hydrogen) atoms. The summed E-state index contributed by atoms with van der Waals surface area (Å²) >= 11 is 0. The van der Waals surface area contributed by atoms with Crippen LogP contribution in [-0.2, 0) is 4.74 Å². The van der Waals surface area contributed by atoms with Gasteiger partial charge in [0, 0.05) is 23.9 Å². The van der Waals surface area contributed by atoms with E-state index in [9.17, 15) is 0 Å². The van der Waals surface area contributed by atoms with Gasteiger partial charge in [0.1, 0.15) is 0 Å². The number of ether oxygens (including phenoxy) is 1. The number of aliphatic hydroxyl groups excluding tert-OH is 1. The molecule has 0 saturated carbocycles. The SMILES string of the molecule is C=C(O)OCC.CCCC.CCCC.CCCC.[Sn]. The molecular formula is C16H38O2Sn. The third kappa shape index (κ3) is 125. The largest absolute Gasteiger partial charge is 0.481 e. The van der Waals surface area contributed by atoms with E-state index in [1.807, 2.05) is 0 Å². The molecule has 1 N–H and O–H groups in total. The van der Waals surface area contributed by atoms with Crippen LogP contribution in [0.25, 0.3) is 0 Å². The van der Waals surface area contributed by atoms with E-state index >= 15 is 0 Å².